The standard InChI is InChI=1S/C15H13FN4O5/c1-9-2-4-11(19(22)23)7-13(9)18-15(21)8-17-10-3-5-12(16)14(6-10)20(24)25/h2-7,17H,8H2,1H3,(H,18,21). The number of nitrogens with zero attached hydrogens (tertiary/aromatic N) is 2. The number of nitrogens with one attached hydrogen (secondary N) is 2. The fourth-order valence-corrected chi connectivity index (χ4v) is 2.00. The highest BCUT2D eigenvalue weighted by Crippen LogP contribution is 2.23. The maximum Gasteiger partial charge on any atom is 0.306 e. The van der Waals surface area contributed by atoms with E-state index in [1.807, 2.05) is 0 Å². The molecule has 0 atom stereocenters. The van der Waals surface area contributed by atoms with Crippen molar-refractivity contribution in [3.8, 4) is 0 Å². The van der Waals surface area contributed by atoms with Crippen LogP contribution < -0.4 is 10.6 Å². The van der Waals surface area contributed by atoms with Gasteiger partial charge in [-0.25, -0.2) is 0 Å². The lowest BCUT2D eigenvalue weighted by molar-refractivity contribution is -0.387. The summed E-state index contributed by atoms with van der Waals surface area (Å²) in [6.07, 6.45) is 0. The zero-order valence-corrected chi connectivity index (χ0v) is 13.0. The molecule has 0 aromatic heterocycles. The van der Waals surface area contributed by atoms with Crippen LogP contribution in [0.1, 0.15) is 5.56 Å². The van der Waals surface area contributed by atoms with Crippen molar-refractivity contribution < 1.29 is 19.0 Å². The van der Waals surface area contributed by atoms with Crippen molar-refractivity contribution in [2.75, 3.05) is 17.2 Å². The molecule has 0 saturated heterocycles. The Morgan fingerprint density at radius 2 is 1.84 bits per heavy atom. The van der Waals surface area contributed by atoms with Crippen molar-refractivity contribution in [2.24, 2.45) is 0 Å². The van der Waals surface area contributed by atoms with Crippen molar-refractivity contribution in [3.05, 3.63) is 68.0 Å². The quantitative estimate of drug-likeness (QED) is 0.610. The number of anilines is 2. The summed E-state index contributed by atoms with van der Waals surface area (Å²) in [5.74, 6) is -1.50. The molecule has 2 aromatic carbocycles. The van der Waals surface area contributed by atoms with Gasteiger partial charge in [-0.1, -0.05) is 6.07 Å². The number of aryl methyl sites for hydroxylation is 1. The minimum Gasteiger partial charge on any atom is -0.376 e. The fraction of sp³-hybridized carbons (Fsp3) is 0.133. The molecule has 0 aliphatic rings. The Labute approximate surface area is 140 Å². The van der Waals surface area contributed by atoms with Crippen molar-refractivity contribution in [1.82, 2.24) is 0 Å². The van der Waals surface area contributed by atoms with Gasteiger partial charge in [0.2, 0.25) is 11.7 Å². The molecule has 1 amide bonds. The molecule has 0 radical (unpaired) electrons. The van der Waals surface area contributed by atoms with Gasteiger partial charge in [0.25, 0.3) is 5.69 Å². The summed E-state index contributed by atoms with van der Waals surface area (Å²) in [7, 11) is 0. The highest BCUT2D eigenvalue weighted by molar-refractivity contribution is 5.94. The molecule has 2 rings (SSSR count). The first-order valence-corrected chi connectivity index (χ1v) is 7.00. The Hall–Kier alpha value is -3.56. The van der Waals surface area contributed by atoms with Gasteiger partial charge in [0.05, 0.1) is 22.1 Å². The van der Waals surface area contributed by atoms with Crippen LogP contribution in [-0.4, -0.2) is 22.3 Å². The van der Waals surface area contributed by atoms with Crippen molar-refractivity contribution >= 4 is 28.7 Å². The smallest absolute Gasteiger partial charge is 0.306 e. The van der Waals surface area contributed by atoms with E-state index in [4.69, 9.17) is 0 Å². The molecule has 2 N–H and O–H groups in total. The van der Waals surface area contributed by atoms with Crippen LogP contribution in [-0.2, 0) is 4.79 Å². The summed E-state index contributed by atoms with van der Waals surface area (Å²) in [5, 5.41) is 26.6. The number of hydrogen-bond acceptors (Lipinski definition) is 6. The molecule has 0 fully saturated rings. The molecule has 0 aliphatic carbocycles. The van der Waals surface area contributed by atoms with E-state index >= 15 is 0 Å². The maximum absolute atomic E-state index is 13.3. The van der Waals surface area contributed by atoms with E-state index in [-0.39, 0.29) is 23.6 Å². The van der Waals surface area contributed by atoms with E-state index in [1.54, 1.807) is 6.92 Å². The Morgan fingerprint density at radius 3 is 2.48 bits per heavy atom. The molecule has 25 heavy (non-hydrogen) atoms. The van der Waals surface area contributed by atoms with Gasteiger partial charge in [-0.15, -0.1) is 0 Å². The van der Waals surface area contributed by atoms with Crippen molar-refractivity contribution in [1.29, 1.82) is 0 Å². The number of rotatable bonds is 6. The van der Waals surface area contributed by atoms with Crippen LogP contribution >= 0.6 is 0 Å². The molecule has 0 unspecified atom stereocenters. The Kier molecular flexibility index (Phi) is 5.22. The second kappa shape index (κ2) is 7.34. The van der Waals surface area contributed by atoms with Crippen molar-refractivity contribution in [3.63, 3.8) is 0 Å². The largest absolute Gasteiger partial charge is 0.376 e. The van der Waals surface area contributed by atoms with Crippen LogP contribution in [0.2, 0.25) is 0 Å². The predicted molar refractivity (Wildman–Crippen MR) is 88.0 cm³/mol. The number of nitro groups is 2. The molecule has 2 aromatic rings. The third kappa shape index (κ3) is 4.47. The molecular weight excluding hydrogens is 335 g/mol. The first-order chi connectivity index (χ1) is 11.8. The lowest BCUT2D eigenvalue weighted by Crippen LogP contribution is -2.22. The second-order valence-corrected chi connectivity index (χ2v) is 5.08. The zero-order valence-electron chi connectivity index (χ0n) is 13.0. The lowest BCUT2D eigenvalue weighted by atomic mass is 10.2. The summed E-state index contributed by atoms with van der Waals surface area (Å²) < 4.78 is 13.3. The van der Waals surface area contributed by atoms with Gasteiger partial charge in [0.15, 0.2) is 0 Å². The van der Waals surface area contributed by atoms with Gasteiger partial charge in [0, 0.05) is 23.9 Å². The number of carbonyl (C=O) groups excluding carboxylic acids is 1. The van der Waals surface area contributed by atoms with E-state index in [0.29, 0.717) is 5.56 Å². The van der Waals surface area contributed by atoms with Crippen LogP contribution in [0.25, 0.3) is 0 Å². The monoisotopic (exact) mass is 348 g/mol. The summed E-state index contributed by atoms with van der Waals surface area (Å²) in [6.45, 7) is 1.42. The number of amides is 1. The SMILES string of the molecule is Cc1ccc([N+](=O)[O-])cc1NC(=O)CNc1ccc(F)c([N+](=O)[O-])c1. The first-order valence-electron chi connectivity index (χ1n) is 7.00. The number of halogens is 1. The minimum absolute atomic E-state index is 0.164. The minimum atomic E-state index is -0.979. The van der Waals surface area contributed by atoms with E-state index in [2.05, 4.69) is 10.6 Å². The van der Waals surface area contributed by atoms with E-state index < -0.39 is 27.3 Å². The molecule has 130 valence electrons. The summed E-state index contributed by atoms with van der Waals surface area (Å²) >= 11 is 0. The molecule has 0 aliphatic heterocycles. The van der Waals surface area contributed by atoms with Crippen molar-refractivity contribution in [2.45, 2.75) is 6.92 Å². The maximum atomic E-state index is 13.3. The number of hydrogen-bond donors (Lipinski definition) is 2. The van der Waals surface area contributed by atoms with Crippen LogP contribution in [0.5, 0.6) is 0 Å². The molecular formula is C15H13FN4O5. The first kappa shape index (κ1) is 17.8. The summed E-state index contributed by atoms with van der Waals surface area (Å²) in [6, 6.07) is 7.21. The summed E-state index contributed by atoms with van der Waals surface area (Å²) in [4.78, 5) is 32.0. The molecule has 0 saturated carbocycles. The lowest BCUT2D eigenvalue weighted by Gasteiger charge is -2.10. The van der Waals surface area contributed by atoms with Crippen LogP contribution in [0, 0.1) is 33.0 Å². The Morgan fingerprint density at radius 1 is 1.12 bits per heavy atom. The third-order valence-corrected chi connectivity index (χ3v) is 3.30. The Bertz CT molecular complexity index is 856. The van der Waals surface area contributed by atoms with Gasteiger partial charge < -0.3 is 10.6 Å². The number of carbonyl (C=O) groups is 1. The number of benzene rings is 2. The molecule has 0 spiro atoms. The average Bonchev–Trinajstić information content (AvgIpc) is 2.55. The Balaban J connectivity index is 2.04. The predicted octanol–water partition coefficient (Wildman–Crippen LogP) is 3.00. The van der Waals surface area contributed by atoms with E-state index in [0.717, 1.165) is 12.1 Å². The highest BCUT2D eigenvalue weighted by atomic mass is 19.1. The molecule has 9 nitrogen and oxygen atoms in total. The molecule has 0 bridgehead atoms. The van der Waals surface area contributed by atoms with Crippen LogP contribution in [0.3, 0.4) is 0 Å². The molecule has 0 heterocycles. The number of non-ortho nitro benzene ring substituents is 1. The summed E-state index contributed by atoms with van der Waals surface area (Å²) in [5.41, 5.74) is 0.240. The van der Waals surface area contributed by atoms with Gasteiger partial charge in [-0.2, -0.15) is 4.39 Å². The zero-order chi connectivity index (χ0) is 18.6. The van der Waals surface area contributed by atoms with Crippen LogP contribution in [0.15, 0.2) is 36.4 Å². The van der Waals surface area contributed by atoms with Gasteiger partial charge in [-0.05, 0) is 24.6 Å². The fourth-order valence-electron chi connectivity index (χ4n) is 2.00. The van der Waals surface area contributed by atoms with Gasteiger partial charge in [-0.3, -0.25) is 25.0 Å². The topological polar surface area (TPSA) is 127 Å². The van der Waals surface area contributed by atoms with E-state index in [1.165, 1.54) is 24.3 Å². The number of nitro benzene ring substituents is 2. The van der Waals surface area contributed by atoms with Gasteiger partial charge in [0.1, 0.15) is 0 Å². The van der Waals surface area contributed by atoms with Crippen LogP contribution in [0.4, 0.5) is 27.1 Å². The molecule has 10 heteroatoms. The van der Waals surface area contributed by atoms with E-state index in [9.17, 15) is 29.4 Å². The third-order valence-electron chi connectivity index (χ3n) is 3.30. The average molecular weight is 348 g/mol. The van der Waals surface area contributed by atoms with Gasteiger partial charge >= 0.3 is 5.69 Å². The second-order valence-electron chi connectivity index (χ2n) is 5.08. The normalized spacial score (nSPS) is 10.2. The highest BCUT2D eigenvalue weighted by Gasteiger charge is 2.15.